The second-order valence-electron chi connectivity index (χ2n) is 9.17. The Bertz CT molecular complexity index is 938. The van der Waals surface area contributed by atoms with Gasteiger partial charge in [-0.3, -0.25) is 9.69 Å². The van der Waals surface area contributed by atoms with Crippen LogP contribution in [0.2, 0.25) is 5.02 Å². The van der Waals surface area contributed by atoms with Crippen molar-refractivity contribution in [2.75, 3.05) is 20.2 Å². The number of hydrogen-bond acceptors (Lipinski definition) is 4. The molecule has 1 saturated heterocycles. The van der Waals surface area contributed by atoms with Crippen LogP contribution in [0.1, 0.15) is 50.3 Å². The van der Waals surface area contributed by atoms with Gasteiger partial charge in [0.15, 0.2) is 0 Å². The fourth-order valence-corrected chi connectivity index (χ4v) is 4.79. The molecule has 2 aromatic rings. The maximum atomic E-state index is 13.1. The Balaban J connectivity index is 1.37. The van der Waals surface area contributed by atoms with E-state index in [1.807, 2.05) is 36.4 Å². The fourth-order valence-electron chi connectivity index (χ4n) is 4.60. The zero-order valence-corrected chi connectivity index (χ0v) is 19.2. The summed E-state index contributed by atoms with van der Waals surface area (Å²) < 4.78 is 11.5. The van der Waals surface area contributed by atoms with Crippen molar-refractivity contribution in [3.05, 3.63) is 58.6 Å². The molecule has 1 atom stereocenters. The first-order valence-corrected chi connectivity index (χ1v) is 11.4. The smallest absolute Gasteiger partial charge is 0.223 e. The number of methoxy groups -OCH3 is 1. The molecule has 1 unspecified atom stereocenters. The van der Waals surface area contributed by atoms with Crippen molar-refractivity contribution in [1.82, 2.24) is 10.2 Å². The molecule has 1 amide bonds. The van der Waals surface area contributed by atoms with E-state index >= 15 is 0 Å². The molecular weight excluding hydrogens is 412 g/mol. The van der Waals surface area contributed by atoms with E-state index in [0.29, 0.717) is 0 Å². The van der Waals surface area contributed by atoms with Gasteiger partial charge in [0.2, 0.25) is 5.91 Å². The predicted octanol–water partition coefficient (Wildman–Crippen LogP) is 4.98. The number of carbonyl (C=O) groups excluding carboxylic acids is 1. The maximum Gasteiger partial charge on any atom is 0.223 e. The lowest BCUT2D eigenvalue weighted by molar-refractivity contribution is -0.127. The molecule has 1 fully saturated rings. The number of ether oxygens (including phenoxy) is 2. The summed E-state index contributed by atoms with van der Waals surface area (Å²) in [6.45, 7) is 6.74. The van der Waals surface area contributed by atoms with E-state index in [4.69, 9.17) is 21.1 Å². The quantitative estimate of drug-likeness (QED) is 0.709. The van der Waals surface area contributed by atoms with Crippen LogP contribution in [0.25, 0.3) is 0 Å². The summed E-state index contributed by atoms with van der Waals surface area (Å²) >= 11 is 6.31. The second kappa shape index (κ2) is 9.09. The molecule has 0 bridgehead atoms. The molecule has 166 valence electrons. The Hall–Kier alpha value is -2.24. The van der Waals surface area contributed by atoms with Crippen molar-refractivity contribution in [2.24, 2.45) is 5.92 Å². The van der Waals surface area contributed by atoms with Crippen molar-refractivity contribution in [2.45, 2.75) is 51.3 Å². The molecule has 5 nitrogen and oxygen atoms in total. The Morgan fingerprint density at radius 1 is 1.23 bits per heavy atom. The number of halogens is 1. The minimum Gasteiger partial charge on any atom is -0.497 e. The van der Waals surface area contributed by atoms with Crippen LogP contribution in [0.3, 0.4) is 0 Å². The highest BCUT2D eigenvalue weighted by Crippen LogP contribution is 2.41. The Labute approximate surface area is 189 Å². The molecule has 0 aromatic heterocycles. The highest BCUT2D eigenvalue weighted by atomic mass is 35.5. The van der Waals surface area contributed by atoms with Gasteiger partial charge in [-0.1, -0.05) is 29.8 Å². The third kappa shape index (κ3) is 5.16. The number of amides is 1. The van der Waals surface area contributed by atoms with Crippen molar-refractivity contribution >= 4 is 17.5 Å². The van der Waals surface area contributed by atoms with Gasteiger partial charge >= 0.3 is 0 Å². The number of likely N-dealkylation sites (tertiary alicyclic amines) is 1. The van der Waals surface area contributed by atoms with Gasteiger partial charge in [-0.05, 0) is 63.5 Å². The molecular formula is C25H31ClN2O3. The largest absolute Gasteiger partial charge is 0.497 e. The molecule has 31 heavy (non-hydrogen) atoms. The van der Waals surface area contributed by atoms with E-state index < -0.39 is 0 Å². The van der Waals surface area contributed by atoms with E-state index in [-0.39, 0.29) is 23.5 Å². The van der Waals surface area contributed by atoms with Crippen molar-refractivity contribution in [1.29, 1.82) is 0 Å². The van der Waals surface area contributed by atoms with Gasteiger partial charge in [0.05, 0.1) is 13.2 Å². The Kier molecular flexibility index (Phi) is 6.44. The lowest BCUT2D eigenvalue weighted by Crippen LogP contribution is -2.45. The van der Waals surface area contributed by atoms with E-state index in [0.717, 1.165) is 66.5 Å². The normalized spacial score (nSPS) is 21.1. The molecule has 1 N–H and O–H groups in total. The highest BCUT2D eigenvalue weighted by Gasteiger charge is 2.36. The van der Waals surface area contributed by atoms with Gasteiger partial charge in [0.25, 0.3) is 0 Å². The number of nitrogens with one attached hydrogen (secondary N) is 1. The van der Waals surface area contributed by atoms with Crippen molar-refractivity contribution in [3.63, 3.8) is 0 Å². The summed E-state index contributed by atoms with van der Waals surface area (Å²) in [4.78, 5) is 15.5. The third-order valence-electron chi connectivity index (χ3n) is 6.30. The van der Waals surface area contributed by atoms with Gasteiger partial charge in [0.1, 0.15) is 17.1 Å². The number of carbonyl (C=O) groups is 1. The first kappa shape index (κ1) is 22.0. The topological polar surface area (TPSA) is 50.8 Å². The van der Waals surface area contributed by atoms with E-state index in [2.05, 4.69) is 30.1 Å². The molecule has 4 rings (SSSR count). The summed E-state index contributed by atoms with van der Waals surface area (Å²) in [6.07, 6.45) is 2.46. The van der Waals surface area contributed by atoms with Gasteiger partial charge in [-0.15, -0.1) is 0 Å². The maximum absolute atomic E-state index is 13.1. The molecule has 0 radical (unpaired) electrons. The predicted molar refractivity (Wildman–Crippen MR) is 123 cm³/mol. The summed E-state index contributed by atoms with van der Waals surface area (Å²) in [6, 6.07) is 13.7. The van der Waals surface area contributed by atoms with Crippen LogP contribution in [0.4, 0.5) is 0 Å². The number of rotatable bonds is 5. The molecule has 6 heteroatoms. The molecule has 2 heterocycles. The van der Waals surface area contributed by atoms with Crippen LogP contribution in [-0.2, 0) is 11.3 Å². The average molecular weight is 443 g/mol. The summed E-state index contributed by atoms with van der Waals surface area (Å²) in [5, 5.41) is 4.12. The van der Waals surface area contributed by atoms with Gasteiger partial charge in [-0.25, -0.2) is 0 Å². The number of piperidine rings is 1. The molecule has 0 spiro atoms. The second-order valence-corrected chi connectivity index (χ2v) is 9.58. The minimum absolute atomic E-state index is 0.0372. The van der Waals surface area contributed by atoms with E-state index in [1.165, 1.54) is 0 Å². The van der Waals surface area contributed by atoms with Gasteiger partial charge in [0, 0.05) is 35.5 Å². The van der Waals surface area contributed by atoms with E-state index in [1.54, 1.807) is 7.11 Å². The monoisotopic (exact) mass is 442 g/mol. The lowest BCUT2D eigenvalue weighted by Gasteiger charge is -2.39. The molecule has 2 aliphatic rings. The summed E-state index contributed by atoms with van der Waals surface area (Å²) in [5.74, 6) is 1.72. The lowest BCUT2D eigenvalue weighted by atomic mass is 9.88. The fraction of sp³-hybridized carbons (Fsp3) is 0.480. The van der Waals surface area contributed by atoms with Crippen molar-refractivity contribution < 1.29 is 14.3 Å². The molecule has 2 aromatic carbocycles. The number of fused-ring (bicyclic) bond motifs is 1. The first-order chi connectivity index (χ1) is 14.8. The zero-order chi connectivity index (χ0) is 22.0. The van der Waals surface area contributed by atoms with Crippen LogP contribution >= 0.6 is 11.6 Å². The summed E-state index contributed by atoms with van der Waals surface area (Å²) in [7, 11) is 1.65. The average Bonchev–Trinajstić information content (AvgIpc) is 2.74. The Morgan fingerprint density at radius 2 is 1.97 bits per heavy atom. The molecule has 2 aliphatic heterocycles. The summed E-state index contributed by atoms with van der Waals surface area (Å²) in [5.41, 5.74) is 1.81. The van der Waals surface area contributed by atoms with Crippen LogP contribution in [-0.4, -0.2) is 36.6 Å². The minimum atomic E-state index is -0.352. The standard InChI is InChI=1S/C25H31ClN2O3/c1-25(2)15-22(20-9-8-19(30-3)14-23(20)31-25)27-24(29)17-10-12-28(13-11-17)16-18-6-4-5-7-21(18)26/h4-9,14,17,22H,10-13,15-16H2,1-3H3,(H,27,29). The molecule has 0 saturated carbocycles. The Morgan fingerprint density at radius 3 is 2.68 bits per heavy atom. The van der Waals surface area contributed by atoms with Crippen molar-refractivity contribution in [3.8, 4) is 11.5 Å². The number of hydrogen-bond donors (Lipinski definition) is 1. The van der Waals surface area contributed by atoms with Gasteiger partial charge in [-0.2, -0.15) is 0 Å². The molecule has 0 aliphatic carbocycles. The van der Waals surface area contributed by atoms with E-state index in [9.17, 15) is 4.79 Å². The zero-order valence-electron chi connectivity index (χ0n) is 18.5. The van der Waals surface area contributed by atoms with Gasteiger partial charge < -0.3 is 14.8 Å². The third-order valence-corrected chi connectivity index (χ3v) is 6.67. The SMILES string of the molecule is COc1ccc2c(c1)OC(C)(C)CC2NC(=O)C1CCN(Cc2ccccc2Cl)CC1. The first-order valence-electron chi connectivity index (χ1n) is 11.0. The number of nitrogens with zero attached hydrogens (tertiary/aromatic N) is 1. The number of benzene rings is 2. The van der Waals surface area contributed by atoms with Crippen LogP contribution in [0.5, 0.6) is 11.5 Å². The highest BCUT2D eigenvalue weighted by molar-refractivity contribution is 6.31. The van der Waals surface area contributed by atoms with Crippen LogP contribution in [0, 0.1) is 5.92 Å². The van der Waals surface area contributed by atoms with Crippen LogP contribution in [0.15, 0.2) is 42.5 Å². The van der Waals surface area contributed by atoms with Crippen LogP contribution < -0.4 is 14.8 Å².